The molecule has 3 N–H and O–H groups in total. The van der Waals surface area contributed by atoms with Gasteiger partial charge in [0.1, 0.15) is 6.04 Å². The molecule has 4 fully saturated rings. The van der Waals surface area contributed by atoms with Gasteiger partial charge in [0.2, 0.25) is 0 Å². The SMILES string of the molecule is O=C(O)[C@@H](N[C@@H](CO)c1ccccc1)C12CC3CC(CC(C3)C1)C2. The molecule has 1 aromatic rings. The second kappa shape index (κ2) is 6.16. The Hall–Kier alpha value is -1.39. The molecule has 24 heavy (non-hydrogen) atoms. The summed E-state index contributed by atoms with van der Waals surface area (Å²) in [5.41, 5.74) is 0.832. The van der Waals surface area contributed by atoms with Crippen LogP contribution in [0.2, 0.25) is 0 Å². The van der Waals surface area contributed by atoms with E-state index < -0.39 is 12.0 Å². The Labute approximate surface area is 143 Å². The van der Waals surface area contributed by atoms with Crippen LogP contribution in [0.4, 0.5) is 0 Å². The van der Waals surface area contributed by atoms with Crippen LogP contribution in [0.3, 0.4) is 0 Å². The number of carbonyl (C=O) groups is 1. The normalized spacial score (nSPS) is 36.5. The first kappa shape index (κ1) is 16.1. The number of rotatable bonds is 6. The standard InChI is InChI=1S/C20H27NO3/c22-12-17(16-4-2-1-3-5-16)21-18(19(23)24)20-9-13-6-14(10-20)8-15(7-13)11-20/h1-5,13-15,17-18,21-22H,6-12H2,(H,23,24)/t13?,14?,15?,17-,18+,20?/m0/s1. The molecule has 4 saturated carbocycles. The van der Waals surface area contributed by atoms with Crippen LogP contribution < -0.4 is 5.32 Å². The van der Waals surface area contributed by atoms with E-state index in [0.717, 1.165) is 24.8 Å². The zero-order valence-electron chi connectivity index (χ0n) is 14.0. The fourth-order valence-electron chi connectivity index (χ4n) is 6.18. The Kier molecular flexibility index (Phi) is 4.13. The van der Waals surface area contributed by atoms with Gasteiger partial charge in [-0.25, -0.2) is 0 Å². The van der Waals surface area contributed by atoms with Gasteiger partial charge >= 0.3 is 5.97 Å². The van der Waals surface area contributed by atoms with Crippen LogP contribution in [-0.2, 0) is 4.79 Å². The van der Waals surface area contributed by atoms with E-state index in [0.29, 0.717) is 17.8 Å². The predicted octanol–water partition coefficient (Wildman–Crippen LogP) is 2.98. The molecule has 0 radical (unpaired) electrons. The second-order valence-electron chi connectivity index (χ2n) is 8.36. The van der Waals surface area contributed by atoms with Crippen molar-refractivity contribution in [2.24, 2.45) is 23.2 Å². The topological polar surface area (TPSA) is 69.6 Å². The van der Waals surface area contributed by atoms with Crippen molar-refractivity contribution >= 4 is 5.97 Å². The summed E-state index contributed by atoms with van der Waals surface area (Å²) in [6.45, 7) is -0.0832. The summed E-state index contributed by atoms with van der Waals surface area (Å²) in [6.07, 6.45) is 7.01. The molecule has 0 amide bonds. The van der Waals surface area contributed by atoms with E-state index in [1.54, 1.807) is 0 Å². The Morgan fingerprint density at radius 3 is 2.08 bits per heavy atom. The molecular formula is C20H27NO3. The van der Waals surface area contributed by atoms with E-state index >= 15 is 0 Å². The summed E-state index contributed by atoms with van der Waals surface area (Å²) in [7, 11) is 0. The number of hydrogen-bond donors (Lipinski definition) is 3. The minimum atomic E-state index is -0.758. The fourth-order valence-corrected chi connectivity index (χ4v) is 6.18. The highest BCUT2D eigenvalue weighted by atomic mass is 16.4. The van der Waals surface area contributed by atoms with Crippen molar-refractivity contribution in [2.75, 3.05) is 6.61 Å². The highest BCUT2D eigenvalue weighted by molar-refractivity contribution is 5.75. The average Bonchev–Trinajstić information content (AvgIpc) is 2.54. The number of hydrogen-bond acceptors (Lipinski definition) is 3. The van der Waals surface area contributed by atoms with Crippen LogP contribution in [0.25, 0.3) is 0 Å². The molecule has 4 heteroatoms. The van der Waals surface area contributed by atoms with E-state index in [4.69, 9.17) is 0 Å². The molecule has 4 nitrogen and oxygen atoms in total. The fraction of sp³-hybridized carbons (Fsp3) is 0.650. The van der Waals surface area contributed by atoms with Crippen molar-refractivity contribution in [3.63, 3.8) is 0 Å². The predicted molar refractivity (Wildman–Crippen MR) is 91.4 cm³/mol. The van der Waals surface area contributed by atoms with Gasteiger partial charge in [-0.05, 0) is 67.3 Å². The van der Waals surface area contributed by atoms with Crippen molar-refractivity contribution in [3.8, 4) is 0 Å². The van der Waals surface area contributed by atoms with Crippen molar-refractivity contribution in [1.82, 2.24) is 5.32 Å². The van der Waals surface area contributed by atoms with E-state index in [2.05, 4.69) is 5.32 Å². The summed E-state index contributed by atoms with van der Waals surface area (Å²) < 4.78 is 0. The monoisotopic (exact) mass is 329 g/mol. The largest absolute Gasteiger partial charge is 0.480 e. The summed E-state index contributed by atoms with van der Waals surface area (Å²) >= 11 is 0. The van der Waals surface area contributed by atoms with Gasteiger partial charge in [0.05, 0.1) is 12.6 Å². The smallest absolute Gasteiger partial charge is 0.321 e. The molecular weight excluding hydrogens is 302 g/mol. The van der Waals surface area contributed by atoms with Gasteiger partial charge in [0.25, 0.3) is 0 Å². The third-order valence-electron chi connectivity index (χ3n) is 6.70. The number of carboxylic acid groups (broad SMARTS) is 1. The van der Waals surface area contributed by atoms with Gasteiger partial charge in [0.15, 0.2) is 0 Å². The van der Waals surface area contributed by atoms with Crippen LogP contribution in [-0.4, -0.2) is 28.8 Å². The van der Waals surface area contributed by atoms with Crippen LogP contribution in [0.1, 0.15) is 50.1 Å². The Morgan fingerprint density at radius 2 is 1.62 bits per heavy atom. The summed E-state index contributed by atoms with van der Waals surface area (Å²) in [6, 6.07) is 8.81. The van der Waals surface area contributed by atoms with Crippen molar-refractivity contribution in [2.45, 2.75) is 50.6 Å². The number of carboxylic acids is 1. The lowest BCUT2D eigenvalue weighted by Crippen LogP contribution is -2.59. The lowest BCUT2D eigenvalue weighted by atomic mass is 9.47. The molecule has 4 aliphatic carbocycles. The van der Waals surface area contributed by atoms with Crippen molar-refractivity contribution in [1.29, 1.82) is 0 Å². The molecule has 1 aromatic carbocycles. The highest BCUT2D eigenvalue weighted by Gasteiger charge is 2.56. The molecule has 5 rings (SSSR count). The highest BCUT2D eigenvalue weighted by Crippen LogP contribution is 2.61. The number of aliphatic carboxylic acids is 1. The third-order valence-corrected chi connectivity index (χ3v) is 6.70. The summed E-state index contributed by atoms with van der Waals surface area (Å²) in [5, 5.41) is 23.1. The zero-order valence-corrected chi connectivity index (χ0v) is 14.0. The molecule has 0 aliphatic heterocycles. The minimum Gasteiger partial charge on any atom is -0.480 e. The van der Waals surface area contributed by atoms with Crippen molar-refractivity contribution < 1.29 is 15.0 Å². The third kappa shape index (κ3) is 2.76. The lowest BCUT2D eigenvalue weighted by molar-refractivity contribution is -0.152. The molecule has 0 heterocycles. The van der Waals surface area contributed by atoms with Crippen molar-refractivity contribution in [3.05, 3.63) is 35.9 Å². The first-order valence-corrected chi connectivity index (χ1v) is 9.24. The first-order chi connectivity index (χ1) is 11.6. The zero-order chi connectivity index (χ0) is 16.7. The van der Waals surface area contributed by atoms with Crippen LogP contribution >= 0.6 is 0 Å². The van der Waals surface area contributed by atoms with Gasteiger partial charge in [-0.1, -0.05) is 30.3 Å². The molecule has 130 valence electrons. The second-order valence-corrected chi connectivity index (χ2v) is 8.36. The number of benzene rings is 1. The van der Waals surface area contributed by atoms with Gasteiger partial charge in [0, 0.05) is 0 Å². The average molecular weight is 329 g/mol. The van der Waals surface area contributed by atoms with Gasteiger partial charge in [-0.3, -0.25) is 10.1 Å². The molecule has 4 bridgehead atoms. The lowest BCUT2D eigenvalue weighted by Gasteiger charge is -2.59. The Morgan fingerprint density at radius 1 is 1.08 bits per heavy atom. The van der Waals surface area contributed by atoms with Gasteiger partial charge in [-0.2, -0.15) is 0 Å². The quantitative estimate of drug-likeness (QED) is 0.750. The van der Waals surface area contributed by atoms with Gasteiger partial charge < -0.3 is 10.2 Å². The van der Waals surface area contributed by atoms with E-state index in [1.807, 2.05) is 30.3 Å². The minimum absolute atomic E-state index is 0.0832. The van der Waals surface area contributed by atoms with E-state index in [9.17, 15) is 15.0 Å². The maximum Gasteiger partial charge on any atom is 0.321 e. The van der Waals surface area contributed by atoms with Crippen LogP contribution in [0, 0.1) is 23.2 Å². The molecule has 0 unspecified atom stereocenters. The molecule has 0 spiro atoms. The molecule has 2 atom stereocenters. The van der Waals surface area contributed by atoms with E-state index in [-0.39, 0.29) is 18.1 Å². The maximum absolute atomic E-state index is 12.2. The number of aliphatic hydroxyl groups is 1. The number of aliphatic hydroxyl groups excluding tert-OH is 1. The van der Waals surface area contributed by atoms with Gasteiger partial charge in [-0.15, -0.1) is 0 Å². The Bertz CT molecular complexity index is 565. The van der Waals surface area contributed by atoms with Crippen LogP contribution in [0.15, 0.2) is 30.3 Å². The maximum atomic E-state index is 12.2. The summed E-state index contributed by atoms with van der Waals surface area (Å²) in [5.74, 6) is 1.38. The molecule has 0 saturated heterocycles. The molecule has 4 aliphatic rings. The Balaban J connectivity index is 1.59. The summed E-state index contributed by atoms with van der Waals surface area (Å²) in [4.78, 5) is 12.2. The van der Waals surface area contributed by atoms with Crippen LogP contribution in [0.5, 0.6) is 0 Å². The number of nitrogens with one attached hydrogen (secondary N) is 1. The van der Waals surface area contributed by atoms with E-state index in [1.165, 1.54) is 19.3 Å². The first-order valence-electron chi connectivity index (χ1n) is 9.24. The molecule has 0 aromatic heterocycles.